The lowest BCUT2D eigenvalue weighted by atomic mass is 10.00. The van der Waals surface area contributed by atoms with Crippen LogP contribution in [0.5, 0.6) is 0 Å². The maximum atomic E-state index is 11.5. The minimum atomic E-state index is -0.878. The summed E-state index contributed by atoms with van der Waals surface area (Å²) in [5.74, 6) is -0.204. The van der Waals surface area contributed by atoms with Crippen molar-refractivity contribution in [3.8, 4) is 0 Å². The summed E-state index contributed by atoms with van der Waals surface area (Å²) in [7, 11) is 0. The summed E-state index contributed by atoms with van der Waals surface area (Å²) >= 11 is 0. The van der Waals surface area contributed by atoms with Gasteiger partial charge < -0.3 is 5.11 Å². The first-order chi connectivity index (χ1) is 6.61. The van der Waals surface area contributed by atoms with Crippen LogP contribution >= 0.6 is 0 Å². The van der Waals surface area contributed by atoms with Crippen molar-refractivity contribution in [3.63, 3.8) is 0 Å². The zero-order valence-corrected chi connectivity index (χ0v) is 8.47. The zero-order valence-electron chi connectivity index (χ0n) is 8.47. The van der Waals surface area contributed by atoms with E-state index in [2.05, 4.69) is 4.98 Å². The molecule has 3 heteroatoms. The Labute approximate surface area is 83.8 Å². The van der Waals surface area contributed by atoms with E-state index in [1.807, 2.05) is 19.9 Å². The number of pyridine rings is 1. The van der Waals surface area contributed by atoms with Gasteiger partial charge in [-0.25, -0.2) is 0 Å². The van der Waals surface area contributed by atoms with E-state index in [9.17, 15) is 9.90 Å². The minimum absolute atomic E-state index is 0.0359. The SMILES string of the molecule is CC(C)C(O)C(=O)Cc1ccccn1. The van der Waals surface area contributed by atoms with Gasteiger partial charge in [-0.3, -0.25) is 9.78 Å². The molecule has 0 aliphatic rings. The van der Waals surface area contributed by atoms with Crippen molar-refractivity contribution in [1.29, 1.82) is 0 Å². The maximum absolute atomic E-state index is 11.5. The fourth-order valence-electron chi connectivity index (χ4n) is 1.16. The smallest absolute Gasteiger partial charge is 0.167 e. The normalized spacial score (nSPS) is 12.9. The van der Waals surface area contributed by atoms with Gasteiger partial charge in [0.15, 0.2) is 5.78 Å². The van der Waals surface area contributed by atoms with Crippen LogP contribution in [0, 0.1) is 5.92 Å². The first-order valence-corrected chi connectivity index (χ1v) is 4.72. The first-order valence-electron chi connectivity index (χ1n) is 4.72. The van der Waals surface area contributed by atoms with Crippen LogP contribution in [-0.4, -0.2) is 22.0 Å². The van der Waals surface area contributed by atoms with E-state index < -0.39 is 6.10 Å². The summed E-state index contributed by atoms with van der Waals surface area (Å²) in [6.45, 7) is 3.64. The zero-order chi connectivity index (χ0) is 10.6. The Bertz CT molecular complexity index is 295. The van der Waals surface area contributed by atoms with Gasteiger partial charge in [-0.05, 0) is 18.1 Å². The molecule has 76 valence electrons. The lowest BCUT2D eigenvalue weighted by Gasteiger charge is -2.12. The number of aromatic nitrogens is 1. The summed E-state index contributed by atoms with van der Waals surface area (Å²) in [4.78, 5) is 15.5. The van der Waals surface area contributed by atoms with E-state index in [4.69, 9.17) is 0 Å². The molecule has 0 spiro atoms. The van der Waals surface area contributed by atoms with Gasteiger partial charge in [-0.15, -0.1) is 0 Å². The minimum Gasteiger partial charge on any atom is -0.385 e. The van der Waals surface area contributed by atoms with Crippen molar-refractivity contribution in [1.82, 2.24) is 4.98 Å². The van der Waals surface area contributed by atoms with Crippen molar-refractivity contribution in [2.45, 2.75) is 26.4 Å². The molecule has 1 heterocycles. The van der Waals surface area contributed by atoms with Crippen LogP contribution in [0.25, 0.3) is 0 Å². The van der Waals surface area contributed by atoms with E-state index in [-0.39, 0.29) is 18.1 Å². The van der Waals surface area contributed by atoms with E-state index in [0.717, 1.165) is 0 Å². The number of aliphatic hydroxyl groups is 1. The molecule has 0 amide bonds. The lowest BCUT2D eigenvalue weighted by molar-refractivity contribution is -0.128. The summed E-state index contributed by atoms with van der Waals surface area (Å²) in [6.07, 6.45) is 0.974. The Morgan fingerprint density at radius 3 is 2.71 bits per heavy atom. The average molecular weight is 193 g/mol. The molecule has 0 saturated carbocycles. The van der Waals surface area contributed by atoms with Gasteiger partial charge in [0.05, 0.1) is 6.42 Å². The second-order valence-corrected chi connectivity index (χ2v) is 3.65. The van der Waals surface area contributed by atoms with E-state index in [1.165, 1.54) is 0 Å². The Morgan fingerprint density at radius 2 is 2.21 bits per heavy atom. The largest absolute Gasteiger partial charge is 0.385 e. The number of hydrogen-bond acceptors (Lipinski definition) is 3. The van der Waals surface area contributed by atoms with Gasteiger partial charge in [0.25, 0.3) is 0 Å². The van der Waals surface area contributed by atoms with Crippen molar-refractivity contribution >= 4 is 5.78 Å². The Morgan fingerprint density at radius 1 is 1.50 bits per heavy atom. The topological polar surface area (TPSA) is 50.2 Å². The number of hydrogen-bond donors (Lipinski definition) is 1. The van der Waals surface area contributed by atoms with Gasteiger partial charge in [0.1, 0.15) is 6.10 Å². The first kappa shape index (κ1) is 10.9. The van der Waals surface area contributed by atoms with E-state index in [1.54, 1.807) is 18.3 Å². The molecule has 1 aromatic rings. The monoisotopic (exact) mass is 193 g/mol. The molecule has 3 nitrogen and oxygen atoms in total. The highest BCUT2D eigenvalue weighted by molar-refractivity contribution is 5.84. The van der Waals surface area contributed by atoms with E-state index in [0.29, 0.717) is 5.69 Å². The van der Waals surface area contributed by atoms with Gasteiger partial charge in [0.2, 0.25) is 0 Å². The van der Waals surface area contributed by atoms with Gasteiger partial charge in [0, 0.05) is 11.9 Å². The van der Waals surface area contributed by atoms with Crippen LogP contribution in [0.1, 0.15) is 19.5 Å². The summed E-state index contributed by atoms with van der Waals surface area (Å²) in [6, 6.07) is 5.41. The molecule has 0 aliphatic carbocycles. The van der Waals surface area contributed by atoms with Gasteiger partial charge >= 0.3 is 0 Å². The number of Topliss-reactive ketones (excluding diaryl/α,β-unsaturated/α-hetero) is 1. The van der Waals surface area contributed by atoms with E-state index >= 15 is 0 Å². The molecule has 1 rings (SSSR count). The average Bonchev–Trinajstić information content (AvgIpc) is 2.18. The summed E-state index contributed by atoms with van der Waals surface area (Å²) < 4.78 is 0. The number of nitrogens with zero attached hydrogens (tertiary/aromatic N) is 1. The van der Waals surface area contributed by atoms with Crippen molar-refractivity contribution in [2.75, 3.05) is 0 Å². The molecule has 0 aliphatic heterocycles. The van der Waals surface area contributed by atoms with Crippen LogP contribution in [0.2, 0.25) is 0 Å². The van der Waals surface area contributed by atoms with Crippen molar-refractivity contribution in [2.24, 2.45) is 5.92 Å². The summed E-state index contributed by atoms with van der Waals surface area (Å²) in [5.41, 5.74) is 0.706. The van der Waals surface area contributed by atoms with Crippen LogP contribution in [0.15, 0.2) is 24.4 Å². The van der Waals surface area contributed by atoms with Crippen LogP contribution in [0.3, 0.4) is 0 Å². The molecule has 1 aromatic heterocycles. The highest BCUT2D eigenvalue weighted by Gasteiger charge is 2.18. The third-order valence-corrected chi connectivity index (χ3v) is 2.04. The molecule has 1 unspecified atom stereocenters. The fraction of sp³-hybridized carbons (Fsp3) is 0.455. The predicted molar refractivity (Wildman–Crippen MR) is 53.8 cm³/mol. The second kappa shape index (κ2) is 4.86. The van der Waals surface area contributed by atoms with Crippen molar-refractivity contribution in [3.05, 3.63) is 30.1 Å². The highest BCUT2D eigenvalue weighted by Crippen LogP contribution is 2.06. The van der Waals surface area contributed by atoms with Crippen LogP contribution in [0.4, 0.5) is 0 Å². The fourth-order valence-corrected chi connectivity index (χ4v) is 1.16. The molecule has 0 radical (unpaired) electrons. The van der Waals surface area contributed by atoms with Crippen molar-refractivity contribution < 1.29 is 9.90 Å². The predicted octanol–water partition coefficient (Wildman–Crippen LogP) is 1.21. The third kappa shape index (κ3) is 2.92. The number of carbonyl (C=O) groups is 1. The van der Waals surface area contributed by atoms with Gasteiger partial charge in [-0.2, -0.15) is 0 Å². The molecule has 0 aromatic carbocycles. The summed E-state index contributed by atoms with van der Waals surface area (Å²) in [5, 5.41) is 9.48. The Kier molecular flexibility index (Phi) is 3.77. The molecular formula is C11H15NO2. The third-order valence-electron chi connectivity index (χ3n) is 2.04. The maximum Gasteiger partial charge on any atom is 0.167 e. The molecule has 0 bridgehead atoms. The Balaban J connectivity index is 2.58. The molecule has 0 fully saturated rings. The lowest BCUT2D eigenvalue weighted by Crippen LogP contribution is -2.27. The number of carbonyl (C=O) groups excluding carboxylic acids is 1. The number of rotatable bonds is 4. The molecule has 14 heavy (non-hydrogen) atoms. The van der Waals surface area contributed by atoms with Crippen LogP contribution in [-0.2, 0) is 11.2 Å². The van der Waals surface area contributed by atoms with Gasteiger partial charge in [-0.1, -0.05) is 19.9 Å². The molecule has 1 N–H and O–H groups in total. The molecular weight excluding hydrogens is 178 g/mol. The quantitative estimate of drug-likeness (QED) is 0.782. The molecule has 0 saturated heterocycles. The van der Waals surface area contributed by atoms with Crippen LogP contribution < -0.4 is 0 Å². The highest BCUT2D eigenvalue weighted by atomic mass is 16.3. The molecule has 1 atom stereocenters. The standard InChI is InChI=1S/C11H15NO2/c1-8(2)11(14)10(13)7-9-5-3-4-6-12-9/h3-6,8,11,14H,7H2,1-2H3. The Hall–Kier alpha value is -1.22. The number of ketones is 1. The second-order valence-electron chi connectivity index (χ2n) is 3.65. The number of aliphatic hydroxyl groups excluding tert-OH is 1.